The zero-order valence-electron chi connectivity index (χ0n) is 20.7. The number of nitrogens with zero attached hydrogens (tertiary/aromatic N) is 2. The molecule has 1 aliphatic rings. The van der Waals surface area contributed by atoms with E-state index in [1.165, 1.54) is 17.0 Å². The van der Waals surface area contributed by atoms with Crippen molar-refractivity contribution in [3.8, 4) is 0 Å². The van der Waals surface area contributed by atoms with Crippen LogP contribution in [0.15, 0.2) is 72.8 Å². The minimum Gasteiger partial charge on any atom is -0.333 e. The van der Waals surface area contributed by atoms with Gasteiger partial charge in [-0.1, -0.05) is 42.5 Å². The number of hydrogen-bond acceptors (Lipinski definition) is 2. The van der Waals surface area contributed by atoms with Gasteiger partial charge in [-0.3, -0.25) is 9.69 Å². The zero-order valence-corrected chi connectivity index (χ0v) is 20.7. The molecule has 0 bridgehead atoms. The van der Waals surface area contributed by atoms with Crippen LogP contribution in [-0.4, -0.2) is 41.4 Å². The van der Waals surface area contributed by atoms with Crippen molar-refractivity contribution >= 4 is 5.91 Å². The van der Waals surface area contributed by atoms with E-state index in [1.807, 2.05) is 35.2 Å². The molecule has 0 radical (unpaired) electrons. The van der Waals surface area contributed by atoms with Crippen LogP contribution in [0.4, 0.5) is 39.5 Å². The van der Waals surface area contributed by atoms with Crippen LogP contribution < -0.4 is 0 Å². The third kappa shape index (κ3) is 7.15. The first-order valence-electron chi connectivity index (χ1n) is 12.1. The quantitative estimate of drug-likeness (QED) is 0.299. The summed E-state index contributed by atoms with van der Waals surface area (Å²) in [5, 5.41) is 0. The zero-order chi connectivity index (χ0) is 29.3. The summed E-state index contributed by atoms with van der Waals surface area (Å²) in [4.78, 5) is 16.6. The van der Waals surface area contributed by atoms with Gasteiger partial charge in [-0.25, -0.2) is 0 Å². The fraction of sp³-hybridized carbons (Fsp3) is 0.321. The summed E-state index contributed by atoms with van der Waals surface area (Å²) in [6.07, 6.45) is -14.8. The second-order valence-electron chi connectivity index (χ2n) is 9.57. The van der Waals surface area contributed by atoms with Gasteiger partial charge in [0.1, 0.15) is 0 Å². The normalized spacial score (nSPS) is 17.2. The van der Waals surface area contributed by atoms with E-state index in [0.29, 0.717) is 24.2 Å². The number of carbonyl (C=O) groups excluding carboxylic acids is 1. The molecule has 1 heterocycles. The lowest BCUT2D eigenvalue weighted by atomic mass is 9.98. The SMILES string of the molecule is O=C(c1cc(C(F)(F)F)cc(C(F)(F)F)c1)N1CCN(Cc2ccccc2)C[C@H]1Cc1ccc(C(F)(F)F)cc1. The van der Waals surface area contributed by atoms with Crippen molar-refractivity contribution in [2.75, 3.05) is 19.6 Å². The van der Waals surface area contributed by atoms with Gasteiger partial charge >= 0.3 is 18.5 Å². The highest BCUT2D eigenvalue weighted by Crippen LogP contribution is 2.37. The summed E-state index contributed by atoms with van der Waals surface area (Å²) >= 11 is 0. The van der Waals surface area contributed by atoms with Crippen LogP contribution in [0.5, 0.6) is 0 Å². The number of amides is 1. The number of piperazine rings is 1. The van der Waals surface area contributed by atoms with Crippen molar-refractivity contribution in [3.63, 3.8) is 0 Å². The average Bonchev–Trinajstić information content (AvgIpc) is 2.88. The summed E-state index contributed by atoms with van der Waals surface area (Å²) < 4.78 is 119. The lowest BCUT2D eigenvalue weighted by Crippen LogP contribution is -2.55. The first-order chi connectivity index (χ1) is 18.6. The topological polar surface area (TPSA) is 23.6 Å². The third-order valence-electron chi connectivity index (χ3n) is 6.66. The number of halogens is 9. The molecular formula is C28H23F9N2O. The molecule has 0 aromatic heterocycles. The maximum atomic E-state index is 13.4. The lowest BCUT2D eigenvalue weighted by Gasteiger charge is -2.42. The summed E-state index contributed by atoms with van der Waals surface area (Å²) in [6.45, 7) is 0.949. The lowest BCUT2D eigenvalue weighted by molar-refractivity contribution is -0.143. The van der Waals surface area contributed by atoms with E-state index < -0.39 is 52.7 Å². The van der Waals surface area contributed by atoms with Gasteiger partial charge in [-0.2, -0.15) is 39.5 Å². The molecule has 1 amide bonds. The highest BCUT2D eigenvalue weighted by Gasteiger charge is 2.39. The molecule has 3 aromatic carbocycles. The Morgan fingerprint density at radius 1 is 0.675 bits per heavy atom. The highest BCUT2D eigenvalue weighted by molar-refractivity contribution is 5.95. The van der Waals surface area contributed by atoms with Gasteiger partial charge in [0.2, 0.25) is 0 Å². The number of hydrogen-bond donors (Lipinski definition) is 0. The van der Waals surface area contributed by atoms with Gasteiger partial charge < -0.3 is 4.90 Å². The van der Waals surface area contributed by atoms with Crippen LogP contribution in [-0.2, 0) is 31.5 Å². The van der Waals surface area contributed by atoms with E-state index in [4.69, 9.17) is 0 Å². The molecule has 0 N–H and O–H groups in total. The third-order valence-corrected chi connectivity index (χ3v) is 6.66. The second kappa shape index (κ2) is 11.1. The van der Waals surface area contributed by atoms with Gasteiger partial charge in [-0.15, -0.1) is 0 Å². The second-order valence-corrected chi connectivity index (χ2v) is 9.57. The molecule has 4 rings (SSSR count). The minimum absolute atomic E-state index is 0.00539. The van der Waals surface area contributed by atoms with Crippen LogP contribution in [0.2, 0.25) is 0 Å². The molecule has 40 heavy (non-hydrogen) atoms. The maximum absolute atomic E-state index is 13.4. The van der Waals surface area contributed by atoms with Crippen molar-refractivity contribution in [1.82, 2.24) is 9.80 Å². The Morgan fingerprint density at radius 3 is 1.75 bits per heavy atom. The summed E-state index contributed by atoms with van der Waals surface area (Å²) in [5.41, 5.74) is -3.47. The fourth-order valence-corrected chi connectivity index (χ4v) is 4.69. The number of rotatable bonds is 5. The summed E-state index contributed by atoms with van der Waals surface area (Å²) in [5.74, 6) is -1.02. The van der Waals surface area contributed by atoms with Crippen LogP contribution in [0.1, 0.15) is 38.2 Å². The molecule has 214 valence electrons. The Bertz CT molecular complexity index is 1280. The summed E-state index contributed by atoms with van der Waals surface area (Å²) in [7, 11) is 0. The fourth-order valence-electron chi connectivity index (χ4n) is 4.69. The molecule has 0 spiro atoms. The minimum atomic E-state index is -5.12. The van der Waals surface area contributed by atoms with Crippen molar-refractivity contribution in [1.29, 1.82) is 0 Å². The maximum Gasteiger partial charge on any atom is 0.416 e. The molecule has 1 atom stereocenters. The Kier molecular flexibility index (Phi) is 8.21. The monoisotopic (exact) mass is 574 g/mol. The molecule has 0 aliphatic carbocycles. The molecule has 12 heteroatoms. The van der Waals surface area contributed by atoms with Crippen molar-refractivity contribution in [3.05, 3.63) is 106 Å². The first-order valence-corrected chi connectivity index (χ1v) is 12.1. The van der Waals surface area contributed by atoms with E-state index in [9.17, 15) is 44.3 Å². The van der Waals surface area contributed by atoms with Crippen LogP contribution >= 0.6 is 0 Å². The van der Waals surface area contributed by atoms with Crippen LogP contribution in [0.25, 0.3) is 0 Å². The molecular weight excluding hydrogens is 551 g/mol. The molecule has 1 fully saturated rings. The molecule has 0 unspecified atom stereocenters. The van der Waals surface area contributed by atoms with Crippen molar-refractivity contribution < 1.29 is 44.3 Å². The van der Waals surface area contributed by atoms with Crippen LogP contribution in [0, 0.1) is 0 Å². The molecule has 1 aliphatic heterocycles. The van der Waals surface area contributed by atoms with Crippen molar-refractivity contribution in [2.24, 2.45) is 0 Å². The van der Waals surface area contributed by atoms with E-state index >= 15 is 0 Å². The Labute approximate surface area is 223 Å². The van der Waals surface area contributed by atoms with E-state index in [0.717, 1.165) is 17.7 Å². The van der Waals surface area contributed by atoms with Gasteiger partial charge in [0, 0.05) is 37.8 Å². The highest BCUT2D eigenvalue weighted by atomic mass is 19.4. The van der Waals surface area contributed by atoms with Gasteiger partial charge in [0.25, 0.3) is 5.91 Å². The van der Waals surface area contributed by atoms with Crippen LogP contribution in [0.3, 0.4) is 0 Å². The first kappa shape index (κ1) is 29.4. The molecule has 0 saturated carbocycles. The van der Waals surface area contributed by atoms with E-state index in [-0.39, 0.29) is 32.1 Å². The number of carbonyl (C=O) groups is 1. The van der Waals surface area contributed by atoms with Gasteiger partial charge in [0.15, 0.2) is 0 Å². The number of alkyl halides is 9. The van der Waals surface area contributed by atoms with E-state index in [1.54, 1.807) is 0 Å². The largest absolute Gasteiger partial charge is 0.416 e. The number of benzene rings is 3. The molecule has 3 nitrogen and oxygen atoms in total. The Morgan fingerprint density at radius 2 is 1.23 bits per heavy atom. The summed E-state index contributed by atoms with van der Waals surface area (Å²) in [6, 6.07) is 13.5. The van der Waals surface area contributed by atoms with Crippen molar-refractivity contribution in [2.45, 2.75) is 37.5 Å². The predicted octanol–water partition coefficient (Wildman–Crippen LogP) is 7.31. The Hall–Kier alpha value is -3.54. The standard InChI is InChI=1S/C28H23F9N2O/c29-26(30,31)21-8-6-18(7-9-21)12-24-17-38(16-19-4-2-1-3-5-19)10-11-39(24)25(40)20-13-22(27(32,33)34)15-23(14-20)28(35,36)37/h1-9,13-15,24H,10-12,16-17H2/t24-/m1/s1. The average molecular weight is 574 g/mol. The van der Waals surface area contributed by atoms with Gasteiger partial charge in [0.05, 0.1) is 16.7 Å². The van der Waals surface area contributed by atoms with E-state index in [2.05, 4.69) is 0 Å². The van der Waals surface area contributed by atoms with Gasteiger partial charge in [-0.05, 0) is 47.9 Å². The Balaban J connectivity index is 1.66. The smallest absolute Gasteiger partial charge is 0.333 e. The predicted molar refractivity (Wildman–Crippen MR) is 128 cm³/mol. The molecule has 3 aromatic rings. The molecule has 1 saturated heterocycles.